The Hall–Kier alpha value is -4.66. The average molecular weight is 474 g/mol. The fourth-order valence-corrected chi connectivity index (χ4v) is 4.59. The molecule has 0 unspecified atom stereocenters. The fourth-order valence-electron chi connectivity index (χ4n) is 4.59. The van der Waals surface area contributed by atoms with Crippen LogP contribution in [0.15, 0.2) is 57.7 Å². The molecule has 9 heteroatoms. The monoisotopic (exact) mass is 474 g/mol. The summed E-state index contributed by atoms with van der Waals surface area (Å²) in [5.74, 6) is -1.51. The first-order chi connectivity index (χ1) is 17.0. The minimum absolute atomic E-state index is 0.00999. The summed E-state index contributed by atoms with van der Waals surface area (Å²) >= 11 is 0. The number of esters is 1. The van der Waals surface area contributed by atoms with Crippen molar-refractivity contribution in [1.29, 1.82) is 0 Å². The van der Waals surface area contributed by atoms with E-state index in [0.717, 1.165) is 0 Å². The van der Waals surface area contributed by atoms with Gasteiger partial charge in [0.1, 0.15) is 16.7 Å². The van der Waals surface area contributed by atoms with Gasteiger partial charge in [-0.2, -0.15) is 0 Å². The molecule has 0 saturated heterocycles. The lowest BCUT2D eigenvalue weighted by atomic mass is 9.84. The Morgan fingerprint density at radius 2 is 1.77 bits per heavy atom. The highest BCUT2D eigenvalue weighted by Gasteiger charge is 2.38. The van der Waals surface area contributed by atoms with E-state index in [1.54, 1.807) is 36.4 Å². The molecule has 3 heterocycles. The average Bonchev–Trinajstić information content (AvgIpc) is 3.35. The number of ether oxygens (including phenoxy) is 4. The molecule has 0 saturated carbocycles. The van der Waals surface area contributed by atoms with Crippen molar-refractivity contribution in [3.05, 3.63) is 69.9 Å². The Morgan fingerprint density at radius 3 is 2.54 bits per heavy atom. The summed E-state index contributed by atoms with van der Waals surface area (Å²) in [5.41, 5.74) is 0.936. The molecule has 2 N–H and O–H groups in total. The van der Waals surface area contributed by atoms with Crippen LogP contribution in [-0.4, -0.2) is 30.1 Å². The second-order valence-electron chi connectivity index (χ2n) is 8.17. The molecular formula is C26H18O9. The van der Waals surface area contributed by atoms with Gasteiger partial charge in [-0.3, -0.25) is 9.59 Å². The van der Waals surface area contributed by atoms with Crippen LogP contribution in [-0.2, 0) is 4.79 Å². The number of carbonyl (C=O) groups is 1. The first-order valence-corrected chi connectivity index (χ1v) is 10.8. The van der Waals surface area contributed by atoms with Crippen LogP contribution in [0.3, 0.4) is 0 Å². The van der Waals surface area contributed by atoms with Gasteiger partial charge in [-0.1, -0.05) is 30.3 Å². The van der Waals surface area contributed by atoms with E-state index in [2.05, 4.69) is 0 Å². The third kappa shape index (κ3) is 3.16. The van der Waals surface area contributed by atoms with Gasteiger partial charge < -0.3 is 33.6 Å². The molecule has 1 atom stereocenters. The van der Waals surface area contributed by atoms with E-state index in [4.69, 9.17) is 23.4 Å². The zero-order valence-electron chi connectivity index (χ0n) is 18.4. The number of hydrogen-bond donors (Lipinski definition) is 2. The predicted molar refractivity (Wildman–Crippen MR) is 122 cm³/mol. The summed E-state index contributed by atoms with van der Waals surface area (Å²) in [4.78, 5) is 25.7. The van der Waals surface area contributed by atoms with Gasteiger partial charge in [-0.05, 0) is 17.7 Å². The highest BCUT2D eigenvalue weighted by Crippen LogP contribution is 2.53. The van der Waals surface area contributed by atoms with E-state index < -0.39 is 28.8 Å². The third-order valence-electron chi connectivity index (χ3n) is 6.19. The van der Waals surface area contributed by atoms with E-state index in [1.165, 1.54) is 13.2 Å². The normalized spacial score (nSPS) is 16.1. The van der Waals surface area contributed by atoms with Crippen LogP contribution >= 0.6 is 0 Å². The number of fused-ring (bicyclic) bond motifs is 4. The van der Waals surface area contributed by atoms with E-state index in [1.807, 2.05) is 6.07 Å². The Bertz CT molecular complexity index is 1570. The topological polar surface area (TPSA) is 125 Å². The molecule has 176 valence electrons. The van der Waals surface area contributed by atoms with Crippen LogP contribution in [0.1, 0.15) is 23.5 Å². The van der Waals surface area contributed by atoms with Gasteiger partial charge >= 0.3 is 5.97 Å². The first kappa shape index (κ1) is 20.9. The summed E-state index contributed by atoms with van der Waals surface area (Å²) < 4.78 is 27.9. The van der Waals surface area contributed by atoms with E-state index in [9.17, 15) is 19.8 Å². The van der Waals surface area contributed by atoms with Crippen molar-refractivity contribution in [3.63, 3.8) is 0 Å². The number of benzene rings is 3. The van der Waals surface area contributed by atoms with Gasteiger partial charge in [0.2, 0.25) is 18.3 Å². The van der Waals surface area contributed by atoms with Gasteiger partial charge in [0.15, 0.2) is 28.4 Å². The summed E-state index contributed by atoms with van der Waals surface area (Å²) in [7, 11) is 1.48. The first-order valence-electron chi connectivity index (χ1n) is 10.8. The maximum Gasteiger partial charge on any atom is 0.312 e. The number of methoxy groups -OCH3 is 1. The van der Waals surface area contributed by atoms with Crippen LogP contribution in [0.4, 0.5) is 0 Å². The van der Waals surface area contributed by atoms with E-state index in [0.29, 0.717) is 28.4 Å². The standard InChI is InChI=1S/C26H18O9/c1-31-17-7-13(8-18-24(17)33-11-32-18)14-9-19(28)35-26-20(14)25-21(22(29)23(26)30)15(27)10-16(34-25)12-5-3-2-4-6-12/h2-8,10,14,29-30H,9,11H2,1H3/t14-/m0/s1. The quantitative estimate of drug-likeness (QED) is 0.257. The van der Waals surface area contributed by atoms with Gasteiger partial charge in [-0.15, -0.1) is 0 Å². The molecule has 1 aromatic heterocycles. The number of phenolic OH excluding ortho intramolecular Hbond substituents is 2. The summed E-state index contributed by atoms with van der Waals surface area (Å²) in [5, 5.41) is 21.2. The van der Waals surface area contributed by atoms with Gasteiger partial charge in [-0.25, -0.2) is 0 Å². The molecule has 2 aliphatic rings. The molecule has 3 aromatic carbocycles. The second kappa shape index (κ2) is 7.69. The Labute approximate surface area is 197 Å². The minimum atomic E-state index is -0.719. The number of rotatable bonds is 3. The number of hydrogen-bond acceptors (Lipinski definition) is 9. The Morgan fingerprint density at radius 1 is 0.971 bits per heavy atom. The molecule has 0 amide bonds. The minimum Gasteiger partial charge on any atom is -0.504 e. The third-order valence-corrected chi connectivity index (χ3v) is 6.19. The van der Waals surface area contributed by atoms with Crippen molar-refractivity contribution in [1.82, 2.24) is 0 Å². The maximum absolute atomic E-state index is 13.1. The number of carbonyl (C=O) groups excluding carboxylic acids is 1. The molecule has 0 spiro atoms. The lowest BCUT2D eigenvalue weighted by molar-refractivity contribution is -0.135. The van der Waals surface area contributed by atoms with Crippen LogP contribution < -0.4 is 24.4 Å². The fraction of sp³-hybridized carbons (Fsp3) is 0.154. The SMILES string of the molecule is COc1cc([C@@H]2CC(=O)Oc3c(O)c(O)c4c(=O)cc(-c5ccccc5)oc4c32)cc2c1OCO2. The van der Waals surface area contributed by atoms with Crippen LogP contribution in [0.5, 0.6) is 34.5 Å². The molecule has 6 rings (SSSR count). The zero-order chi connectivity index (χ0) is 24.3. The highest BCUT2D eigenvalue weighted by molar-refractivity contribution is 5.96. The van der Waals surface area contributed by atoms with Crippen molar-refractivity contribution in [2.24, 2.45) is 0 Å². The van der Waals surface area contributed by atoms with Crippen molar-refractivity contribution in [2.45, 2.75) is 12.3 Å². The molecule has 9 nitrogen and oxygen atoms in total. The molecule has 4 aromatic rings. The highest BCUT2D eigenvalue weighted by atomic mass is 16.7. The predicted octanol–water partition coefficient (Wildman–Crippen LogP) is 4.05. The van der Waals surface area contributed by atoms with Gasteiger partial charge in [0.05, 0.1) is 19.1 Å². The van der Waals surface area contributed by atoms with Crippen LogP contribution in [0.25, 0.3) is 22.3 Å². The molecule has 0 bridgehead atoms. The van der Waals surface area contributed by atoms with Gasteiger partial charge in [0, 0.05) is 17.5 Å². The molecule has 0 fully saturated rings. The van der Waals surface area contributed by atoms with E-state index >= 15 is 0 Å². The number of aromatic hydroxyl groups is 2. The van der Waals surface area contributed by atoms with Crippen molar-refractivity contribution >= 4 is 16.9 Å². The molecular weight excluding hydrogens is 456 g/mol. The largest absolute Gasteiger partial charge is 0.504 e. The van der Waals surface area contributed by atoms with Crippen molar-refractivity contribution in [3.8, 4) is 45.8 Å². The van der Waals surface area contributed by atoms with E-state index in [-0.39, 0.29) is 41.3 Å². The molecule has 0 aliphatic carbocycles. The lowest BCUT2D eigenvalue weighted by Crippen LogP contribution is -2.22. The smallest absolute Gasteiger partial charge is 0.312 e. The van der Waals surface area contributed by atoms with Crippen LogP contribution in [0.2, 0.25) is 0 Å². The Kier molecular flexibility index (Phi) is 4.60. The molecule has 0 radical (unpaired) electrons. The van der Waals surface area contributed by atoms with Gasteiger partial charge in [0.25, 0.3) is 0 Å². The summed E-state index contributed by atoms with van der Waals surface area (Å²) in [6.07, 6.45) is -0.117. The molecule has 2 aliphatic heterocycles. The summed E-state index contributed by atoms with van der Waals surface area (Å²) in [6.45, 7) is 0.0192. The van der Waals surface area contributed by atoms with Crippen LogP contribution in [0, 0.1) is 0 Å². The maximum atomic E-state index is 13.1. The molecule has 35 heavy (non-hydrogen) atoms. The zero-order valence-corrected chi connectivity index (χ0v) is 18.4. The second-order valence-corrected chi connectivity index (χ2v) is 8.17. The number of phenols is 2. The van der Waals surface area contributed by atoms with Crippen molar-refractivity contribution < 1.29 is 38.4 Å². The Balaban J connectivity index is 1.67. The lowest BCUT2D eigenvalue weighted by Gasteiger charge is -2.27. The summed E-state index contributed by atoms with van der Waals surface area (Å²) in [6, 6.07) is 13.6. The van der Waals surface area contributed by atoms with Crippen molar-refractivity contribution in [2.75, 3.05) is 13.9 Å².